The molecule has 1 heterocycles. The van der Waals surface area contributed by atoms with Gasteiger partial charge in [-0.3, -0.25) is 9.63 Å². The minimum Gasteiger partial charge on any atom is -0.547 e. The molecule has 1 N–H and O–H groups in total. The molecule has 1 aliphatic heterocycles. The highest BCUT2D eigenvalue weighted by Crippen LogP contribution is 2.42. The molecule has 30 heavy (non-hydrogen) atoms. The second-order valence-electron chi connectivity index (χ2n) is 6.88. The van der Waals surface area contributed by atoms with Gasteiger partial charge in [0.2, 0.25) is 5.91 Å². The summed E-state index contributed by atoms with van der Waals surface area (Å²) >= 11 is 0. The Balaban J connectivity index is 1.74. The van der Waals surface area contributed by atoms with Crippen molar-refractivity contribution >= 4 is 23.3 Å². The molecule has 6 nitrogen and oxygen atoms in total. The number of anilines is 2. The molecule has 1 amide bonds. The van der Waals surface area contributed by atoms with Crippen LogP contribution in [0, 0.1) is 11.7 Å². The first-order chi connectivity index (χ1) is 14.5. The van der Waals surface area contributed by atoms with Crippen molar-refractivity contribution in [3.63, 3.8) is 0 Å². The van der Waals surface area contributed by atoms with Crippen LogP contribution in [0.4, 0.5) is 15.8 Å². The fourth-order valence-electron chi connectivity index (χ4n) is 3.58. The lowest BCUT2D eigenvalue weighted by atomic mass is 9.88. The van der Waals surface area contributed by atoms with Gasteiger partial charge in [-0.25, -0.2) is 9.45 Å². The summed E-state index contributed by atoms with van der Waals surface area (Å²) in [5.74, 6) is -3.61. The van der Waals surface area contributed by atoms with Crippen LogP contribution >= 0.6 is 0 Å². The highest BCUT2D eigenvalue weighted by Gasteiger charge is 2.49. The fraction of sp³-hybridized carbons (Fsp3) is 0.130. The van der Waals surface area contributed by atoms with Crippen LogP contribution in [0.25, 0.3) is 0 Å². The largest absolute Gasteiger partial charge is 0.547 e. The minimum atomic E-state index is -1.50. The lowest BCUT2D eigenvalue weighted by Gasteiger charge is -2.27. The second-order valence-corrected chi connectivity index (χ2v) is 6.88. The average Bonchev–Trinajstić information content (AvgIpc) is 3.18. The normalized spacial score (nSPS) is 20.7. The van der Waals surface area contributed by atoms with Gasteiger partial charge in [0.05, 0.1) is 23.6 Å². The number of hydrogen-bond acceptors (Lipinski definition) is 5. The molecule has 3 aromatic carbocycles. The zero-order chi connectivity index (χ0) is 21.1. The summed E-state index contributed by atoms with van der Waals surface area (Å²) in [6.45, 7) is 0. The number of nitrogens with one attached hydrogen (secondary N) is 1. The van der Waals surface area contributed by atoms with E-state index in [4.69, 9.17) is 4.84 Å². The van der Waals surface area contributed by atoms with Crippen molar-refractivity contribution in [2.75, 3.05) is 10.4 Å². The van der Waals surface area contributed by atoms with Gasteiger partial charge in [0.15, 0.2) is 0 Å². The number of amides is 1. The first kappa shape index (κ1) is 19.6. The average molecular weight is 405 g/mol. The Labute approximate surface area is 172 Å². The molecule has 3 aromatic rings. The molecule has 0 unspecified atom stereocenters. The number of rotatable bonds is 5. The van der Waals surface area contributed by atoms with E-state index < -0.39 is 35.8 Å². The topological polar surface area (TPSA) is 81.7 Å². The Bertz CT molecular complexity index is 1030. The van der Waals surface area contributed by atoms with Gasteiger partial charge in [-0.15, -0.1) is 0 Å². The molecule has 0 aliphatic carbocycles. The number of carbonyl (C=O) groups excluding carboxylic acids is 2. The molecule has 0 aromatic heterocycles. The van der Waals surface area contributed by atoms with Crippen molar-refractivity contribution in [1.82, 2.24) is 0 Å². The molecule has 1 aliphatic rings. The maximum absolute atomic E-state index is 13.2. The van der Waals surface area contributed by atoms with Gasteiger partial charge in [-0.1, -0.05) is 48.5 Å². The molecule has 0 saturated carbocycles. The van der Waals surface area contributed by atoms with Crippen molar-refractivity contribution in [3.8, 4) is 0 Å². The highest BCUT2D eigenvalue weighted by molar-refractivity contribution is 5.97. The maximum Gasteiger partial charge on any atom is 0.233 e. The van der Waals surface area contributed by atoms with Crippen LogP contribution in [-0.4, -0.2) is 18.0 Å². The van der Waals surface area contributed by atoms with E-state index in [0.29, 0.717) is 16.9 Å². The molecule has 0 radical (unpaired) electrons. The number of hydroxylamine groups is 1. The Kier molecular flexibility index (Phi) is 5.45. The number of benzene rings is 3. The van der Waals surface area contributed by atoms with E-state index in [9.17, 15) is 19.1 Å². The fourth-order valence-corrected chi connectivity index (χ4v) is 3.58. The summed E-state index contributed by atoms with van der Waals surface area (Å²) in [4.78, 5) is 30.8. The highest BCUT2D eigenvalue weighted by atomic mass is 19.1. The van der Waals surface area contributed by atoms with Gasteiger partial charge in [0.25, 0.3) is 0 Å². The van der Waals surface area contributed by atoms with Gasteiger partial charge in [-0.2, -0.15) is 0 Å². The maximum atomic E-state index is 13.2. The number of hydrogen-bond donors (Lipinski definition) is 1. The molecular formula is C23H18FN2O4-. The minimum absolute atomic E-state index is 0.350. The number of carbonyl (C=O) groups is 2. The van der Waals surface area contributed by atoms with E-state index in [1.54, 1.807) is 48.5 Å². The molecule has 1 fully saturated rings. The molecule has 3 atom stereocenters. The summed E-state index contributed by atoms with van der Waals surface area (Å²) in [6, 6.07) is 22.5. The zero-order valence-corrected chi connectivity index (χ0v) is 15.8. The number of para-hydroxylation sites is 1. The van der Waals surface area contributed by atoms with Crippen molar-refractivity contribution < 1.29 is 23.9 Å². The van der Waals surface area contributed by atoms with E-state index in [2.05, 4.69) is 5.32 Å². The molecule has 0 bridgehead atoms. The smallest absolute Gasteiger partial charge is 0.233 e. The Hall–Kier alpha value is -3.71. The lowest BCUT2D eigenvalue weighted by Crippen LogP contribution is -2.44. The number of carboxylic acids is 1. The summed E-state index contributed by atoms with van der Waals surface area (Å²) in [5.41, 5.74) is 1.67. The van der Waals surface area contributed by atoms with Crippen LogP contribution in [0.2, 0.25) is 0 Å². The second kappa shape index (κ2) is 8.34. The van der Waals surface area contributed by atoms with Crippen molar-refractivity contribution in [3.05, 3.63) is 96.3 Å². The summed E-state index contributed by atoms with van der Waals surface area (Å²) in [7, 11) is 0. The number of nitrogens with zero attached hydrogens (tertiary/aromatic N) is 1. The van der Waals surface area contributed by atoms with E-state index in [-0.39, 0.29) is 0 Å². The van der Waals surface area contributed by atoms with Crippen molar-refractivity contribution in [2.45, 2.75) is 12.1 Å². The van der Waals surface area contributed by atoms with E-state index in [0.717, 1.165) is 0 Å². The summed E-state index contributed by atoms with van der Waals surface area (Å²) in [6.07, 6.45) is -1.50. The van der Waals surface area contributed by atoms with E-state index in [1.165, 1.54) is 29.3 Å². The zero-order valence-electron chi connectivity index (χ0n) is 15.8. The molecule has 4 rings (SSSR count). The molecular weight excluding hydrogens is 387 g/mol. The van der Waals surface area contributed by atoms with Gasteiger partial charge in [-0.05, 0) is 42.0 Å². The van der Waals surface area contributed by atoms with E-state index in [1.807, 2.05) is 12.1 Å². The van der Waals surface area contributed by atoms with Crippen molar-refractivity contribution in [2.24, 2.45) is 5.92 Å². The van der Waals surface area contributed by atoms with E-state index >= 15 is 0 Å². The molecule has 152 valence electrons. The molecule has 0 spiro atoms. The van der Waals surface area contributed by atoms with Crippen LogP contribution in [0.5, 0.6) is 0 Å². The third kappa shape index (κ3) is 3.88. The van der Waals surface area contributed by atoms with Gasteiger partial charge in [0, 0.05) is 5.69 Å². The van der Waals surface area contributed by atoms with Crippen molar-refractivity contribution in [1.29, 1.82) is 0 Å². The Morgan fingerprint density at radius 3 is 2.10 bits per heavy atom. The van der Waals surface area contributed by atoms with Crippen LogP contribution in [0.15, 0.2) is 84.9 Å². The quantitative estimate of drug-likeness (QED) is 0.706. The standard InChI is InChI=1S/C23H19FN2O4/c24-16-11-13-17(14-12-16)25-22(27)19-20(15-7-3-1-4-8-15)26(30-21(19)23(28)29)18-9-5-2-6-10-18/h1-14,19-21H,(H,25,27)(H,28,29)/p-1/t19-,20-,21-/m1/s1. The third-order valence-corrected chi connectivity index (χ3v) is 4.94. The number of aliphatic carboxylic acids is 1. The number of carboxylic acid groups (broad SMARTS) is 1. The SMILES string of the molecule is O=C(Nc1ccc(F)cc1)[C@@H]1[C@@H](c2ccccc2)N(c2ccccc2)O[C@H]1C(=O)[O-]. The molecule has 7 heteroatoms. The van der Waals surface area contributed by atoms with Gasteiger partial charge >= 0.3 is 0 Å². The molecule has 1 saturated heterocycles. The predicted molar refractivity (Wildman–Crippen MR) is 107 cm³/mol. The van der Waals surface area contributed by atoms with Gasteiger partial charge < -0.3 is 15.2 Å². The lowest BCUT2D eigenvalue weighted by molar-refractivity contribution is -0.316. The van der Waals surface area contributed by atoms with Crippen LogP contribution in [0.1, 0.15) is 11.6 Å². The third-order valence-electron chi connectivity index (χ3n) is 4.94. The van der Waals surface area contributed by atoms with Crippen LogP contribution in [-0.2, 0) is 14.4 Å². The Morgan fingerprint density at radius 1 is 0.900 bits per heavy atom. The van der Waals surface area contributed by atoms with Crippen LogP contribution < -0.4 is 15.5 Å². The monoisotopic (exact) mass is 405 g/mol. The first-order valence-electron chi connectivity index (χ1n) is 9.38. The van der Waals surface area contributed by atoms with Gasteiger partial charge in [0.1, 0.15) is 11.9 Å². The predicted octanol–water partition coefficient (Wildman–Crippen LogP) is 2.69. The number of halogens is 1. The first-order valence-corrected chi connectivity index (χ1v) is 9.38. The summed E-state index contributed by atoms with van der Waals surface area (Å²) in [5, 5.41) is 16.0. The summed E-state index contributed by atoms with van der Waals surface area (Å²) < 4.78 is 13.2. The van der Waals surface area contributed by atoms with Crippen LogP contribution in [0.3, 0.4) is 0 Å². The Morgan fingerprint density at radius 2 is 1.50 bits per heavy atom.